The first-order valence-corrected chi connectivity index (χ1v) is 8.24. The lowest BCUT2D eigenvalue weighted by molar-refractivity contribution is -0.137. The van der Waals surface area contributed by atoms with Gasteiger partial charge in [-0.1, -0.05) is 18.2 Å². The van der Waals surface area contributed by atoms with E-state index in [9.17, 15) is 4.79 Å². The molecule has 25 heavy (non-hydrogen) atoms. The summed E-state index contributed by atoms with van der Waals surface area (Å²) in [5, 5.41) is 4.19. The summed E-state index contributed by atoms with van der Waals surface area (Å²) in [6.45, 7) is 2.49. The Kier molecular flexibility index (Phi) is 6.01. The second-order valence-corrected chi connectivity index (χ2v) is 5.59. The normalized spacial score (nSPS) is 14.5. The van der Waals surface area contributed by atoms with Crippen molar-refractivity contribution in [2.24, 2.45) is 5.10 Å². The molecule has 0 atom stereocenters. The van der Waals surface area contributed by atoms with E-state index in [1.54, 1.807) is 11.1 Å². The predicted octanol–water partition coefficient (Wildman–Crippen LogP) is 2.37. The van der Waals surface area contributed by atoms with Crippen LogP contribution in [-0.2, 0) is 9.53 Å². The average Bonchev–Trinajstić information content (AvgIpc) is 2.68. The van der Waals surface area contributed by atoms with Crippen LogP contribution in [0, 0.1) is 0 Å². The van der Waals surface area contributed by atoms with Gasteiger partial charge < -0.3 is 14.4 Å². The Labute approximate surface area is 147 Å². The maximum atomic E-state index is 12.0. The second kappa shape index (κ2) is 8.84. The van der Waals surface area contributed by atoms with E-state index in [0.29, 0.717) is 32.1 Å². The largest absolute Gasteiger partial charge is 0.484 e. The van der Waals surface area contributed by atoms with Gasteiger partial charge in [-0.05, 0) is 42.0 Å². The van der Waals surface area contributed by atoms with Crippen LogP contribution in [0.25, 0.3) is 0 Å². The molecule has 3 rings (SSSR count). The molecule has 0 spiro atoms. The second-order valence-electron chi connectivity index (χ2n) is 5.59. The number of ether oxygens (including phenoxy) is 2. The Bertz CT molecular complexity index is 696. The van der Waals surface area contributed by atoms with Crippen molar-refractivity contribution in [2.75, 3.05) is 38.3 Å². The monoisotopic (exact) mass is 339 g/mol. The van der Waals surface area contributed by atoms with Crippen molar-refractivity contribution in [1.82, 2.24) is 4.90 Å². The zero-order valence-electron chi connectivity index (χ0n) is 13.9. The fourth-order valence-corrected chi connectivity index (χ4v) is 2.39. The summed E-state index contributed by atoms with van der Waals surface area (Å²) in [7, 11) is 0. The molecule has 6 nitrogen and oxygen atoms in total. The van der Waals surface area contributed by atoms with E-state index in [4.69, 9.17) is 9.47 Å². The Morgan fingerprint density at radius 1 is 1.12 bits per heavy atom. The molecule has 0 aliphatic carbocycles. The van der Waals surface area contributed by atoms with Crippen molar-refractivity contribution >= 4 is 17.8 Å². The maximum absolute atomic E-state index is 12.0. The molecule has 2 aromatic carbocycles. The molecular formula is C19H21N3O3. The molecule has 1 saturated heterocycles. The van der Waals surface area contributed by atoms with Crippen LogP contribution in [-0.4, -0.2) is 49.9 Å². The number of hydrazone groups is 1. The van der Waals surface area contributed by atoms with E-state index in [-0.39, 0.29) is 12.5 Å². The first kappa shape index (κ1) is 17.0. The smallest absolute Gasteiger partial charge is 0.260 e. The van der Waals surface area contributed by atoms with Gasteiger partial charge in [0, 0.05) is 13.1 Å². The van der Waals surface area contributed by atoms with Gasteiger partial charge >= 0.3 is 0 Å². The van der Waals surface area contributed by atoms with Crippen molar-refractivity contribution < 1.29 is 14.3 Å². The lowest BCUT2D eigenvalue weighted by Gasteiger charge is -2.26. The van der Waals surface area contributed by atoms with Crippen molar-refractivity contribution in [3.8, 4) is 5.75 Å². The van der Waals surface area contributed by atoms with Gasteiger partial charge in [-0.25, -0.2) is 0 Å². The van der Waals surface area contributed by atoms with Crippen LogP contribution < -0.4 is 10.2 Å². The highest BCUT2D eigenvalue weighted by atomic mass is 16.5. The molecule has 130 valence electrons. The van der Waals surface area contributed by atoms with Gasteiger partial charge in [0.25, 0.3) is 5.91 Å². The van der Waals surface area contributed by atoms with Crippen molar-refractivity contribution in [2.45, 2.75) is 0 Å². The topological polar surface area (TPSA) is 63.2 Å². The number of nitrogens with one attached hydrogen (secondary N) is 1. The number of hydrogen-bond acceptors (Lipinski definition) is 5. The standard InChI is InChI=1S/C19H21N3O3/c23-19(22-10-12-24-13-11-22)15-25-18-8-6-16(7-9-18)14-20-21-17-4-2-1-3-5-17/h1-9,14,21H,10-13,15H2/b20-14+. The number of amides is 1. The Hall–Kier alpha value is -2.86. The minimum atomic E-state index is -0.0130. The number of morpholine rings is 1. The van der Waals surface area contributed by atoms with Gasteiger partial charge in [0.15, 0.2) is 6.61 Å². The summed E-state index contributed by atoms with van der Waals surface area (Å²) < 4.78 is 10.8. The highest BCUT2D eigenvalue weighted by Crippen LogP contribution is 2.12. The van der Waals surface area contributed by atoms with Gasteiger partial charge in [0.05, 0.1) is 25.1 Å². The molecule has 0 bridgehead atoms. The summed E-state index contributed by atoms with van der Waals surface area (Å²) in [6, 6.07) is 17.2. The molecule has 0 aromatic heterocycles. The van der Waals surface area contributed by atoms with Crippen LogP contribution >= 0.6 is 0 Å². The number of carbonyl (C=O) groups excluding carboxylic acids is 1. The molecule has 1 amide bonds. The van der Waals surface area contributed by atoms with E-state index in [2.05, 4.69) is 10.5 Å². The number of hydrogen-bond donors (Lipinski definition) is 1. The third kappa shape index (κ3) is 5.32. The molecular weight excluding hydrogens is 318 g/mol. The number of nitrogens with zero attached hydrogens (tertiary/aromatic N) is 2. The van der Waals surface area contributed by atoms with E-state index < -0.39 is 0 Å². The number of benzene rings is 2. The van der Waals surface area contributed by atoms with E-state index in [1.807, 2.05) is 54.6 Å². The predicted molar refractivity (Wildman–Crippen MR) is 97.0 cm³/mol. The van der Waals surface area contributed by atoms with Crippen LogP contribution in [0.2, 0.25) is 0 Å². The van der Waals surface area contributed by atoms with E-state index in [1.165, 1.54) is 0 Å². The molecule has 1 fully saturated rings. The maximum Gasteiger partial charge on any atom is 0.260 e. The van der Waals surface area contributed by atoms with Crippen LogP contribution in [0.1, 0.15) is 5.56 Å². The molecule has 0 unspecified atom stereocenters. The first-order chi connectivity index (χ1) is 12.3. The Morgan fingerprint density at radius 2 is 1.84 bits per heavy atom. The zero-order chi connectivity index (χ0) is 17.3. The summed E-state index contributed by atoms with van der Waals surface area (Å²) in [5.41, 5.74) is 4.83. The minimum Gasteiger partial charge on any atom is -0.484 e. The Morgan fingerprint density at radius 3 is 2.56 bits per heavy atom. The third-order valence-corrected chi connectivity index (χ3v) is 3.79. The molecule has 0 saturated carbocycles. The van der Waals surface area contributed by atoms with Crippen molar-refractivity contribution in [3.63, 3.8) is 0 Å². The molecule has 0 radical (unpaired) electrons. The zero-order valence-corrected chi connectivity index (χ0v) is 13.9. The number of rotatable bonds is 6. The summed E-state index contributed by atoms with van der Waals surface area (Å²) in [5.74, 6) is 0.649. The quantitative estimate of drug-likeness (QED) is 0.648. The minimum absolute atomic E-state index is 0.0130. The van der Waals surface area contributed by atoms with Gasteiger partial charge in [-0.3, -0.25) is 10.2 Å². The summed E-state index contributed by atoms with van der Waals surface area (Å²) in [4.78, 5) is 13.8. The highest BCUT2D eigenvalue weighted by Gasteiger charge is 2.16. The lowest BCUT2D eigenvalue weighted by atomic mass is 10.2. The van der Waals surface area contributed by atoms with Crippen molar-refractivity contribution in [3.05, 3.63) is 60.2 Å². The molecule has 6 heteroatoms. The molecule has 2 aromatic rings. The van der Waals surface area contributed by atoms with Crippen LogP contribution in [0.3, 0.4) is 0 Å². The van der Waals surface area contributed by atoms with Crippen molar-refractivity contribution in [1.29, 1.82) is 0 Å². The fraction of sp³-hybridized carbons (Fsp3) is 0.263. The Balaban J connectivity index is 1.46. The SMILES string of the molecule is O=C(COc1ccc(/C=N/Nc2ccccc2)cc1)N1CCOCC1. The van der Waals surface area contributed by atoms with Gasteiger partial charge in [-0.15, -0.1) is 0 Å². The van der Waals surface area contributed by atoms with Crippen LogP contribution in [0.5, 0.6) is 5.75 Å². The van der Waals surface area contributed by atoms with Gasteiger partial charge in [-0.2, -0.15) is 5.10 Å². The first-order valence-electron chi connectivity index (χ1n) is 8.24. The number of carbonyl (C=O) groups is 1. The highest BCUT2D eigenvalue weighted by molar-refractivity contribution is 5.80. The summed E-state index contributed by atoms with van der Waals surface area (Å²) >= 11 is 0. The average molecular weight is 339 g/mol. The molecule has 1 heterocycles. The van der Waals surface area contributed by atoms with Gasteiger partial charge in [0.2, 0.25) is 0 Å². The van der Waals surface area contributed by atoms with E-state index in [0.717, 1.165) is 11.3 Å². The van der Waals surface area contributed by atoms with Crippen LogP contribution in [0.15, 0.2) is 59.7 Å². The number of para-hydroxylation sites is 1. The van der Waals surface area contributed by atoms with E-state index >= 15 is 0 Å². The third-order valence-electron chi connectivity index (χ3n) is 3.79. The fourth-order valence-electron chi connectivity index (χ4n) is 2.39. The molecule has 1 N–H and O–H groups in total. The number of anilines is 1. The van der Waals surface area contributed by atoms with Crippen LogP contribution in [0.4, 0.5) is 5.69 Å². The molecule has 1 aliphatic heterocycles. The molecule has 1 aliphatic rings. The van der Waals surface area contributed by atoms with Gasteiger partial charge in [0.1, 0.15) is 5.75 Å². The summed E-state index contributed by atoms with van der Waals surface area (Å²) in [6.07, 6.45) is 1.73. The lowest BCUT2D eigenvalue weighted by Crippen LogP contribution is -2.42.